The Balaban J connectivity index is 3.09. The summed E-state index contributed by atoms with van der Waals surface area (Å²) < 4.78 is 23.9. The standard InChI is InChI=1S/C16H25N3O6S2/c1-3-4-5-6-8-19-14(21)11(13(20)18-16(19)26)10-17-12(15(22)23)7-9-27(2,24)25/h10,12,21H,3-9H2,1-2H3,(H,22,23)(H,18,20,26). The van der Waals surface area contributed by atoms with Gasteiger partial charge in [-0.25, -0.2) is 13.2 Å². The number of nitrogens with one attached hydrogen (secondary N) is 1. The van der Waals surface area contributed by atoms with Crippen LogP contribution < -0.4 is 5.56 Å². The number of hydrogen-bond acceptors (Lipinski definition) is 7. The SMILES string of the molecule is CCCCCCn1c(O)c(C=NC(CCS(C)(=O)=O)C(=O)O)c(=O)[nH]c1=S. The summed E-state index contributed by atoms with van der Waals surface area (Å²) in [5.41, 5.74) is -0.914. The minimum Gasteiger partial charge on any atom is -0.494 e. The van der Waals surface area contributed by atoms with Gasteiger partial charge in [0, 0.05) is 19.0 Å². The van der Waals surface area contributed by atoms with Crippen molar-refractivity contribution < 1.29 is 23.4 Å². The van der Waals surface area contributed by atoms with Gasteiger partial charge in [-0.2, -0.15) is 0 Å². The van der Waals surface area contributed by atoms with Gasteiger partial charge in [0.15, 0.2) is 4.77 Å². The van der Waals surface area contributed by atoms with Gasteiger partial charge in [-0.3, -0.25) is 19.3 Å². The Bertz CT molecular complexity index is 902. The monoisotopic (exact) mass is 419 g/mol. The third-order valence-electron chi connectivity index (χ3n) is 3.87. The molecule has 0 aliphatic carbocycles. The lowest BCUT2D eigenvalue weighted by Gasteiger charge is -2.11. The van der Waals surface area contributed by atoms with E-state index >= 15 is 0 Å². The number of aromatic amines is 1. The van der Waals surface area contributed by atoms with E-state index in [-0.39, 0.29) is 22.5 Å². The second-order valence-corrected chi connectivity index (χ2v) is 8.91. The number of carbonyl (C=O) groups is 1. The molecular formula is C16H25N3O6S2. The normalized spacial score (nSPS) is 13.1. The van der Waals surface area contributed by atoms with Crippen LogP contribution in [0.15, 0.2) is 9.79 Å². The van der Waals surface area contributed by atoms with E-state index in [4.69, 9.17) is 12.2 Å². The fourth-order valence-electron chi connectivity index (χ4n) is 2.35. The van der Waals surface area contributed by atoms with Crippen LogP contribution in [0.5, 0.6) is 5.88 Å². The number of aliphatic carboxylic acids is 1. The lowest BCUT2D eigenvalue weighted by Crippen LogP contribution is -2.23. The summed E-state index contributed by atoms with van der Waals surface area (Å²) in [6.07, 6.45) is 5.48. The highest BCUT2D eigenvalue weighted by molar-refractivity contribution is 7.90. The van der Waals surface area contributed by atoms with Gasteiger partial charge in [0.05, 0.1) is 5.75 Å². The Morgan fingerprint density at radius 2 is 2.04 bits per heavy atom. The molecule has 1 aromatic heterocycles. The van der Waals surface area contributed by atoms with Crippen molar-refractivity contribution in [3.05, 3.63) is 20.7 Å². The molecule has 0 aromatic carbocycles. The maximum atomic E-state index is 12.1. The Morgan fingerprint density at radius 3 is 2.59 bits per heavy atom. The van der Waals surface area contributed by atoms with Crippen molar-refractivity contribution in [2.24, 2.45) is 4.99 Å². The number of hydrogen-bond donors (Lipinski definition) is 3. The number of nitrogens with zero attached hydrogens (tertiary/aromatic N) is 2. The number of carboxylic acid groups (broad SMARTS) is 1. The molecule has 1 unspecified atom stereocenters. The molecule has 1 rings (SSSR count). The van der Waals surface area contributed by atoms with Crippen LogP contribution in [0.1, 0.15) is 44.6 Å². The summed E-state index contributed by atoms with van der Waals surface area (Å²) in [7, 11) is -3.35. The number of aromatic hydroxyl groups is 1. The third-order valence-corrected chi connectivity index (χ3v) is 5.17. The zero-order valence-corrected chi connectivity index (χ0v) is 17.0. The molecule has 0 radical (unpaired) electrons. The van der Waals surface area contributed by atoms with Gasteiger partial charge in [0.2, 0.25) is 5.88 Å². The molecule has 0 spiro atoms. The van der Waals surface area contributed by atoms with Crippen LogP contribution >= 0.6 is 12.2 Å². The van der Waals surface area contributed by atoms with E-state index in [1.807, 2.05) is 0 Å². The summed E-state index contributed by atoms with van der Waals surface area (Å²) >= 11 is 5.07. The van der Waals surface area contributed by atoms with E-state index in [0.29, 0.717) is 6.54 Å². The summed E-state index contributed by atoms with van der Waals surface area (Å²) in [5, 5.41) is 19.5. The summed E-state index contributed by atoms with van der Waals surface area (Å²) in [4.78, 5) is 29.5. The Labute approximate surface area is 162 Å². The van der Waals surface area contributed by atoms with Crippen molar-refractivity contribution in [2.45, 2.75) is 51.6 Å². The van der Waals surface area contributed by atoms with E-state index in [1.54, 1.807) is 0 Å². The Morgan fingerprint density at radius 1 is 1.37 bits per heavy atom. The first-order chi connectivity index (χ1) is 12.6. The molecule has 0 saturated carbocycles. The highest BCUT2D eigenvalue weighted by Gasteiger charge is 2.19. The van der Waals surface area contributed by atoms with Crippen molar-refractivity contribution in [3.63, 3.8) is 0 Å². The number of aliphatic imine (C=N–C) groups is 1. The first-order valence-electron chi connectivity index (χ1n) is 8.56. The molecule has 0 saturated heterocycles. The Kier molecular flexibility index (Phi) is 8.83. The van der Waals surface area contributed by atoms with Gasteiger partial charge in [-0.05, 0) is 25.1 Å². The molecule has 3 N–H and O–H groups in total. The second-order valence-electron chi connectivity index (χ2n) is 6.26. The average Bonchev–Trinajstić information content (AvgIpc) is 2.55. The number of unbranched alkanes of at least 4 members (excludes halogenated alkanes) is 3. The zero-order valence-electron chi connectivity index (χ0n) is 15.3. The predicted molar refractivity (Wildman–Crippen MR) is 105 cm³/mol. The molecule has 1 atom stereocenters. The lowest BCUT2D eigenvalue weighted by molar-refractivity contribution is -0.138. The van der Waals surface area contributed by atoms with E-state index in [2.05, 4.69) is 16.9 Å². The summed E-state index contributed by atoms with van der Waals surface area (Å²) in [5.74, 6) is -2.07. The van der Waals surface area contributed by atoms with E-state index < -0.39 is 33.3 Å². The van der Waals surface area contributed by atoms with Gasteiger partial charge in [0.1, 0.15) is 21.4 Å². The molecule has 0 aliphatic heterocycles. The molecule has 27 heavy (non-hydrogen) atoms. The molecule has 0 fully saturated rings. The van der Waals surface area contributed by atoms with Gasteiger partial charge in [-0.15, -0.1) is 0 Å². The van der Waals surface area contributed by atoms with E-state index in [0.717, 1.165) is 38.2 Å². The first-order valence-corrected chi connectivity index (χ1v) is 11.0. The van der Waals surface area contributed by atoms with Crippen molar-refractivity contribution >= 4 is 34.2 Å². The van der Waals surface area contributed by atoms with Crippen molar-refractivity contribution in [2.75, 3.05) is 12.0 Å². The van der Waals surface area contributed by atoms with Crippen molar-refractivity contribution in [3.8, 4) is 5.88 Å². The highest BCUT2D eigenvalue weighted by atomic mass is 32.2. The minimum atomic E-state index is -3.35. The highest BCUT2D eigenvalue weighted by Crippen LogP contribution is 2.14. The van der Waals surface area contributed by atoms with Crippen molar-refractivity contribution in [1.29, 1.82) is 0 Å². The number of rotatable bonds is 11. The van der Waals surface area contributed by atoms with Crippen LogP contribution in [0.25, 0.3) is 0 Å². The number of sulfone groups is 1. The van der Waals surface area contributed by atoms with Crippen LogP contribution in [0.2, 0.25) is 0 Å². The molecule has 0 amide bonds. The maximum absolute atomic E-state index is 12.1. The summed E-state index contributed by atoms with van der Waals surface area (Å²) in [6, 6.07) is -1.35. The molecule has 152 valence electrons. The Hall–Kier alpha value is -2.01. The molecule has 0 bridgehead atoms. The topological polar surface area (TPSA) is 142 Å². The quantitative estimate of drug-likeness (QED) is 0.280. The van der Waals surface area contributed by atoms with Crippen LogP contribution in [0.4, 0.5) is 0 Å². The molecular weight excluding hydrogens is 394 g/mol. The molecule has 1 heterocycles. The summed E-state index contributed by atoms with van der Waals surface area (Å²) in [6.45, 7) is 2.47. The van der Waals surface area contributed by atoms with Crippen LogP contribution in [-0.2, 0) is 21.2 Å². The van der Waals surface area contributed by atoms with Crippen LogP contribution in [-0.4, -0.2) is 58.4 Å². The predicted octanol–water partition coefficient (Wildman–Crippen LogP) is 1.50. The second kappa shape index (κ2) is 10.4. The molecule has 0 aliphatic rings. The smallest absolute Gasteiger partial charge is 0.328 e. The lowest BCUT2D eigenvalue weighted by atomic mass is 10.2. The number of aromatic nitrogens is 2. The van der Waals surface area contributed by atoms with Gasteiger partial charge < -0.3 is 10.2 Å². The van der Waals surface area contributed by atoms with E-state index in [1.165, 1.54) is 4.57 Å². The van der Waals surface area contributed by atoms with Gasteiger partial charge in [-0.1, -0.05) is 26.2 Å². The number of H-pyrrole nitrogens is 1. The third kappa shape index (κ3) is 7.63. The number of carboxylic acids is 1. The van der Waals surface area contributed by atoms with Crippen LogP contribution in [0.3, 0.4) is 0 Å². The van der Waals surface area contributed by atoms with E-state index in [9.17, 15) is 28.2 Å². The molecule has 1 aromatic rings. The maximum Gasteiger partial charge on any atom is 0.328 e. The van der Waals surface area contributed by atoms with Crippen molar-refractivity contribution in [1.82, 2.24) is 9.55 Å². The zero-order chi connectivity index (χ0) is 20.6. The van der Waals surface area contributed by atoms with Gasteiger partial charge >= 0.3 is 5.97 Å². The molecule has 11 heteroatoms. The first kappa shape index (κ1) is 23.0. The van der Waals surface area contributed by atoms with Gasteiger partial charge in [0.25, 0.3) is 5.56 Å². The van der Waals surface area contributed by atoms with Crippen LogP contribution in [0, 0.1) is 4.77 Å². The largest absolute Gasteiger partial charge is 0.494 e. The fourth-order valence-corrected chi connectivity index (χ4v) is 3.27. The fraction of sp³-hybridized carbons (Fsp3) is 0.625. The minimum absolute atomic E-state index is 0.0676. The average molecular weight is 420 g/mol. The molecule has 9 nitrogen and oxygen atoms in total.